The molecule has 0 amide bonds. The number of benzene rings is 1. The van der Waals surface area contributed by atoms with Crippen LogP contribution in [-0.4, -0.2) is 27.4 Å². The summed E-state index contributed by atoms with van der Waals surface area (Å²) in [4.78, 5) is 0. The van der Waals surface area contributed by atoms with Crippen molar-refractivity contribution in [2.45, 2.75) is 45.2 Å². The van der Waals surface area contributed by atoms with E-state index in [1.165, 1.54) is 25.7 Å². The maximum Gasteiger partial charge on any atom is 0.203 e. The summed E-state index contributed by atoms with van der Waals surface area (Å²) in [6.07, 6.45) is 5.43. The van der Waals surface area contributed by atoms with E-state index in [-0.39, 0.29) is 0 Å². The van der Waals surface area contributed by atoms with Crippen molar-refractivity contribution in [3.63, 3.8) is 0 Å². The van der Waals surface area contributed by atoms with Crippen LogP contribution in [0, 0.1) is 5.92 Å². The van der Waals surface area contributed by atoms with E-state index in [1.54, 1.807) is 21.3 Å². The van der Waals surface area contributed by atoms with Crippen LogP contribution in [-0.2, 0) is 6.54 Å². The molecular formula is C17H27NO3. The molecule has 4 heteroatoms. The molecule has 2 rings (SSSR count). The van der Waals surface area contributed by atoms with Gasteiger partial charge in [0.2, 0.25) is 5.75 Å². The van der Waals surface area contributed by atoms with Gasteiger partial charge in [-0.25, -0.2) is 0 Å². The van der Waals surface area contributed by atoms with E-state index in [0.29, 0.717) is 17.5 Å². The van der Waals surface area contributed by atoms with Gasteiger partial charge in [-0.15, -0.1) is 0 Å². The van der Waals surface area contributed by atoms with Gasteiger partial charge in [0, 0.05) is 18.2 Å². The van der Waals surface area contributed by atoms with Gasteiger partial charge in [-0.05, 0) is 31.7 Å². The largest absolute Gasteiger partial charge is 0.493 e. The van der Waals surface area contributed by atoms with Gasteiger partial charge in [0.25, 0.3) is 0 Å². The van der Waals surface area contributed by atoms with Gasteiger partial charge >= 0.3 is 0 Å². The van der Waals surface area contributed by atoms with E-state index in [2.05, 4.69) is 12.2 Å². The summed E-state index contributed by atoms with van der Waals surface area (Å²) < 4.78 is 16.3. The zero-order chi connectivity index (χ0) is 15.2. The van der Waals surface area contributed by atoms with E-state index in [0.717, 1.165) is 23.8 Å². The lowest BCUT2D eigenvalue weighted by Gasteiger charge is -2.22. The van der Waals surface area contributed by atoms with Gasteiger partial charge < -0.3 is 19.5 Å². The number of ether oxygens (including phenoxy) is 3. The molecule has 0 saturated heterocycles. The minimum atomic E-state index is 0.533. The van der Waals surface area contributed by atoms with Crippen LogP contribution in [0.2, 0.25) is 0 Å². The van der Waals surface area contributed by atoms with Crippen molar-refractivity contribution in [3.05, 3.63) is 17.7 Å². The Hall–Kier alpha value is -1.42. The highest BCUT2D eigenvalue weighted by Crippen LogP contribution is 2.39. The highest BCUT2D eigenvalue weighted by molar-refractivity contribution is 5.55. The third-order valence-corrected chi connectivity index (χ3v) is 4.51. The Kier molecular flexibility index (Phi) is 5.74. The second-order valence-electron chi connectivity index (χ2n) is 5.71. The molecule has 0 radical (unpaired) electrons. The Morgan fingerprint density at radius 2 is 1.71 bits per heavy atom. The van der Waals surface area contributed by atoms with Crippen LogP contribution in [0.5, 0.6) is 17.2 Å². The molecular weight excluding hydrogens is 266 g/mol. The smallest absolute Gasteiger partial charge is 0.203 e. The molecule has 1 N–H and O–H groups in total. The Labute approximate surface area is 127 Å². The molecule has 0 bridgehead atoms. The second kappa shape index (κ2) is 7.55. The first-order valence-corrected chi connectivity index (χ1v) is 7.72. The Balaban J connectivity index is 2.08. The van der Waals surface area contributed by atoms with E-state index < -0.39 is 0 Å². The molecule has 118 valence electrons. The van der Waals surface area contributed by atoms with E-state index >= 15 is 0 Å². The zero-order valence-electron chi connectivity index (χ0n) is 13.6. The van der Waals surface area contributed by atoms with Crippen molar-refractivity contribution < 1.29 is 14.2 Å². The zero-order valence-corrected chi connectivity index (χ0v) is 13.6. The van der Waals surface area contributed by atoms with Gasteiger partial charge in [0.05, 0.1) is 21.3 Å². The molecule has 1 aromatic carbocycles. The first-order chi connectivity index (χ1) is 10.2. The summed E-state index contributed by atoms with van der Waals surface area (Å²) >= 11 is 0. The molecule has 4 nitrogen and oxygen atoms in total. The molecule has 0 aliphatic heterocycles. The summed E-state index contributed by atoms with van der Waals surface area (Å²) in [5.41, 5.74) is 1.10. The van der Waals surface area contributed by atoms with Crippen LogP contribution in [0.1, 0.15) is 38.2 Å². The quantitative estimate of drug-likeness (QED) is 0.836. The minimum Gasteiger partial charge on any atom is -0.493 e. The Bertz CT molecular complexity index is 456. The summed E-state index contributed by atoms with van der Waals surface area (Å²) in [6, 6.07) is 4.50. The molecule has 1 atom stereocenters. The van der Waals surface area contributed by atoms with Crippen molar-refractivity contribution in [1.82, 2.24) is 5.32 Å². The summed E-state index contributed by atoms with van der Waals surface area (Å²) in [5.74, 6) is 2.91. The van der Waals surface area contributed by atoms with Crippen LogP contribution in [0.25, 0.3) is 0 Å². The number of nitrogens with one attached hydrogen (secondary N) is 1. The summed E-state index contributed by atoms with van der Waals surface area (Å²) in [5, 5.41) is 3.63. The first kappa shape index (κ1) is 16.0. The lowest BCUT2D eigenvalue weighted by Crippen LogP contribution is -2.31. The van der Waals surface area contributed by atoms with Gasteiger partial charge in [-0.2, -0.15) is 0 Å². The topological polar surface area (TPSA) is 39.7 Å². The Morgan fingerprint density at radius 1 is 1.05 bits per heavy atom. The van der Waals surface area contributed by atoms with Gasteiger partial charge in [0.1, 0.15) is 0 Å². The fraction of sp³-hybridized carbons (Fsp3) is 0.647. The number of hydrogen-bond acceptors (Lipinski definition) is 4. The second-order valence-corrected chi connectivity index (χ2v) is 5.71. The SMILES string of the molecule is COc1ccc(CNC(C)C2CCCC2)c(OC)c1OC. The van der Waals surface area contributed by atoms with Gasteiger partial charge in [0.15, 0.2) is 11.5 Å². The highest BCUT2D eigenvalue weighted by Gasteiger charge is 2.22. The predicted molar refractivity (Wildman–Crippen MR) is 84.4 cm³/mol. The molecule has 1 saturated carbocycles. The van der Waals surface area contributed by atoms with Crippen LogP contribution in [0.15, 0.2) is 12.1 Å². The molecule has 1 aliphatic carbocycles. The molecule has 1 unspecified atom stereocenters. The molecule has 0 heterocycles. The van der Waals surface area contributed by atoms with E-state index in [4.69, 9.17) is 14.2 Å². The fourth-order valence-electron chi connectivity index (χ4n) is 3.20. The first-order valence-electron chi connectivity index (χ1n) is 7.72. The third-order valence-electron chi connectivity index (χ3n) is 4.51. The van der Waals surface area contributed by atoms with Crippen molar-refractivity contribution in [3.8, 4) is 17.2 Å². The molecule has 1 aliphatic rings. The average Bonchev–Trinajstić information content (AvgIpc) is 3.05. The monoisotopic (exact) mass is 293 g/mol. The predicted octanol–water partition coefficient (Wildman–Crippen LogP) is 3.38. The van der Waals surface area contributed by atoms with E-state index in [9.17, 15) is 0 Å². The molecule has 1 fully saturated rings. The fourth-order valence-corrected chi connectivity index (χ4v) is 3.20. The van der Waals surface area contributed by atoms with Crippen LogP contribution < -0.4 is 19.5 Å². The third kappa shape index (κ3) is 3.62. The maximum absolute atomic E-state index is 5.52. The minimum absolute atomic E-state index is 0.533. The number of hydrogen-bond donors (Lipinski definition) is 1. The standard InChI is InChI=1S/C17H27NO3/c1-12(13-7-5-6-8-13)18-11-14-9-10-15(19-2)17(21-4)16(14)20-3/h9-10,12-13,18H,5-8,11H2,1-4H3. The normalized spacial score (nSPS) is 16.8. The Morgan fingerprint density at radius 3 is 2.29 bits per heavy atom. The lowest BCUT2D eigenvalue weighted by molar-refractivity contribution is 0.319. The maximum atomic E-state index is 5.52. The van der Waals surface area contributed by atoms with Crippen LogP contribution >= 0.6 is 0 Å². The van der Waals surface area contributed by atoms with Crippen molar-refractivity contribution >= 4 is 0 Å². The molecule has 0 spiro atoms. The number of rotatable bonds is 7. The van der Waals surface area contributed by atoms with Crippen molar-refractivity contribution in [1.29, 1.82) is 0 Å². The molecule has 0 aromatic heterocycles. The molecule has 1 aromatic rings. The van der Waals surface area contributed by atoms with Crippen molar-refractivity contribution in [2.75, 3.05) is 21.3 Å². The number of methoxy groups -OCH3 is 3. The highest BCUT2D eigenvalue weighted by atomic mass is 16.5. The van der Waals surface area contributed by atoms with Gasteiger partial charge in [-0.3, -0.25) is 0 Å². The average molecular weight is 293 g/mol. The van der Waals surface area contributed by atoms with Gasteiger partial charge in [-0.1, -0.05) is 18.9 Å². The van der Waals surface area contributed by atoms with Crippen molar-refractivity contribution in [2.24, 2.45) is 5.92 Å². The summed E-state index contributed by atoms with van der Waals surface area (Å²) in [7, 11) is 4.94. The summed E-state index contributed by atoms with van der Waals surface area (Å²) in [6.45, 7) is 3.06. The van der Waals surface area contributed by atoms with Crippen LogP contribution in [0.3, 0.4) is 0 Å². The van der Waals surface area contributed by atoms with E-state index in [1.807, 2.05) is 12.1 Å². The van der Waals surface area contributed by atoms with Crippen LogP contribution in [0.4, 0.5) is 0 Å². The lowest BCUT2D eigenvalue weighted by atomic mass is 9.99. The molecule has 21 heavy (non-hydrogen) atoms.